The largest absolute Gasteiger partial charge is 0.468 e. The second kappa shape index (κ2) is 14.1. The van der Waals surface area contributed by atoms with Crippen molar-refractivity contribution in [2.45, 2.75) is 71.5 Å². The minimum Gasteiger partial charge on any atom is -0.468 e. The number of ketones is 1. The van der Waals surface area contributed by atoms with E-state index in [0.29, 0.717) is 6.61 Å². The molecule has 1 rings (SSSR count). The molecule has 0 bridgehead atoms. The molecule has 0 radical (unpaired) electrons. The van der Waals surface area contributed by atoms with E-state index >= 15 is 0 Å². The molecule has 1 heterocycles. The summed E-state index contributed by atoms with van der Waals surface area (Å²) in [6.07, 6.45) is 7.43. The maximum Gasteiger partial charge on any atom is 0.328 e. The van der Waals surface area contributed by atoms with E-state index in [0.717, 1.165) is 71.2 Å². The average molecular weight is 411 g/mol. The molecule has 1 unspecified atom stereocenters. The van der Waals surface area contributed by atoms with Crippen molar-refractivity contribution in [3.63, 3.8) is 0 Å². The van der Waals surface area contributed by atoms with Gasteiger partial charge in [-0.1, -0.05) is 26.2 Å². The highest BCUT2D eigenvalue weighted by Gasteiger charge is 2.38. The highest BCUT2D eigenvalue weighted by atomic mass is 16.7. The van der Waals surface area contributed by atoms with Crippen LogP contribution in [0.3, 0.4) is 0 Å². The minimum absolute atomic E-state index is 0.0969. The Morgan fingerprint density at radius 3 is 2.31 bits per heavy atom. The summed E-state index contributed by atoms with van der Waals surface area (Å²) in [7, 11) is 2.24. The van der Waals surface area contributed by atoms with Gasteiger partial charge in [0.1, 0.15) is 0 Å². The summed E-state index contributed by atoms with van der Waals surface area (Å²) in [5, 5.41) is 0. The van der Waals surface area contributed by atoms with Crippen LogP contribution in [0.5, 0.6) is 0 Å². The molecule has 0 amide bonds. The zero-order valence-corrected chi connectivity index (χ0v) is 18.1. The molecular formula is C22H34O7. The predicted molar refractivity (Wildman–Crippen MR) is 107 cm³/mol. The fourth-order valence-corrected chi connectivity index (χ4v) is 3.04. The number of hydrogen-bond acceptors (Lipinski definition) is 7. The molecule has 1 aliphatic heterocycles. The topological polar surface area (TPSA) is 88.1 Å². The zero-order chi connectivity index (χ0) is 21.6. The number of methoxy groups -OCH3 is 2. The standard InChI is InChI=1S/C22H34O7/c1-5-6-7-8-11-16(2)14-17(15-29-18-12-9-10-13-28-18)20(23)19(21(24)26-3)22(25)27-4/h18-19H,5-13,15H2,1-4H3. The molecule has 0 N–H and O–H groups in total. The molecule has 29 heavy (non-hydrogen) atoms. The number of carbonyl (C=O) groups is 3. The molecule has 1 fully saturated rings. The third-order valence-corrected chi connectivity index (χ3v) is 4.75. The summed E-state index contributed by atoms with van der Waals surface area (Å²) < 4.78 is 20.5. The van der Waals surface area contributed by atoms with Gasteiger partial charge in [-0.05, 0) is 44.6 Å². The Balaban J connectivity index is 3.05. The van der Waals surface area contributed by atoms with Crippen LogP contribution in [0.1, 0.15) is 65.2 Å². The van der Waals surface area contributed by atoms with Crippen LogP contribution in [0, 0.1) is 5.92 Å². The van der Waals surface area contributed by atoms with Gasteiger partial charge in [0, 0.05) is 6.61 Å². The van der Waals surface area contributed by atoms with Crippen molar-refractivity contribution in [3.8, 4) is 0 Å². The molecule has 7 heteroatoms. The summed E-state index contributed by atoms with van der Waals surface area (Å²) in [5.41, 5.74) is 4.04. The lowest BCUT2D eigenvalue weighted by molar-refractivity contribution is -0.163. The van der Waals surface area contributed by atoms with Crippen LogP contribution in [-0.2, 0) is 33.3 Å². The molecule has 1 aliphatic rings. The number of carbonyl (C=O) groups excluding carboxylic acids is 3. The summed E-state index contributed by atoms with van der Waals surface area (Å²) in [6, 6.07) is 0. The van der Waals surface area contributed by atoms with Gasteiger partial charge in [0.15, 0.2) is 12.1 Å². The van der Waals surface area contributed by atoms with Crippen molar-refractivity contribution in [3.05, 3.63) is 16.9 Å². The highest BCUT2D eigenvalue weighted by molar-refractivity contribution is 6.20. The van der Waals surface area contributed by atoms with Crippen molar-refractivity contribution in [1.29, 1.82) is 0 Å². The Kier molecular flexibility index (Phi) is 12.2. The maximum atomic E-state index is 13.0. The van der Waals surface area contributed by atoms with Crippen molar-refractivity contribution in [1.82, 2.24) is 0 Å². The molecule has 0 saturated carbocycles. The molecule has 0 aromatic carbocycles. The van der Waals surface area contributed by atoms with Gasteiger partial charge in [-0.3, -0.25) is 14.4 Å². The molecule has 7 nitrogen and oxygen atoms in total. The molecule has 164 valence electrons. The highest BCUT2D eigenvalue weighted by Crippen LogP contribution is 2.18. The lowest BCUT2D eigenvalue weighted by Crippen LogP contribution is -2.36. The first kappa shape index (κ1) is 25.1. The van der Waals surface area contributed by atoms with E-state index in [1.54, 1.807) is 0 Å². The van der Waals surface area contributed by atoms with Crippen molar-refractivity contribution in [2.75, 3.05) is 27.4 Å². The Hall–Kier alpha value is -1.95. The number of hydrogen-bond donors (Lipinski definition) is 0. The zero-order valence-electron chi connectivity index (χ0n) is 18.1. The molecule has 0 aromatic heterocycles. The normalized spacial score (nSPS) is 16.1. The summed E-state index contributed by atoms with van der Waals surface area (Å²) in [6.45, 7) is 4.53. The van der Waals surface area contributed by atoms with Crippen molar-refractivity contribution in [2.24, 2.45) is 5.92 Å². The number of rotatable bonds is 12. The van der Waals surface area contributed by atoms with Crippen LogP contribution < -0.4 is 0 Å². The van der Waals surface area contributed by atoms with Gasteiger partial charge in [-0.25, -0.2) is 0 Å². The van der Waals surface area contributed by atoms with Crippen LogP contribution in [0.25, 0.3) is 0 Å². The van der Waals surface area contributed by atoms with E-state index in [2.05, 4.69) is 22.1 Å². The summed E-state index contributed by atoms with van der Waals surface area (Å²) in [4.78, 5) is 37.1. The second-order valence-electron chi connectivity index (χ2n) is 7.15. The van der Waals surface area contributed by atoms with Gasteiger partial charge in [0.25, 0.3) is 0 Å². The van der Waals surface area contributed by atoms with Crippen LogP contribution in [-0.4, -0.2) is 51.4 Å². The molecule has 0 aliphatic carbocycles. The van der Waals surface area contributed by atoms with Crippen LogP contribution >= 0.6 is 0 Å². The number of unbranched alkanes of at least 4 members (excludes halogenated alkanes) is 3. The molecule has 0 spiro atoms. The van der Waals surface area contributed by atoms with E-state index in [-0.39, 0.29) is 12.2 Å². The third kappa shape index (κ3) is 8.94. The van der Waals surface area contributed by atoms with E-state index in [1.165, 1.54) is 0 Å². The van der Waals surface area contributed by atoms with Crippen LogP contribution in [0.4, 0.5) is 0 Å². The molecule has 1 atom stereocenters. The smallest absolute Gasteiger partial charge is 0.328 e. The SMILES string of the molecule is CCCCCCC(C)=C=C(COC1CCCCO1)C(=O)C(C(=O)OC)C(=O)OC. The van der Waals surface area contributed by atoms with Gasteiger partial charge in [0.2, 0.25) is 5.92 Å². The monoisotopic (exact) mass is 410 g/mol. The molecule has 1 saturated heterocycles. The fourth-order valence-electron chi connectivity index (χ4n) is 3.04. The predicted octanol–water partition coefficient (Wildman–Crippen LogP) is 3.50. The first-order valence-corrected chi connectivity index (χ1v) is 10.3. The van der Waals surface area contributed by atoms with Crippen LogP contribution in [0.2, 0.25) is 0 Å². The lowest BCUT2D eigenvalue weighted by Gasteiger charge is -2.23. The number of Topliss-reactive ketones (excluding diaryl/α,β-unsaturated/α-hetero) is 1. The quantitative estimate of drug-likeness (QED) is 0.160. The Morgan fingerprint density at radius 1 is 1.07 bits per heavy atom. The van der Waals surface area contributed by atoms with Crippen molar-refractivity contribution >= 4 is 17.7 Å². The van der Waals surface area contributed by atoms with E-state index in [9.17, 15) is 14.4 Å². The maximum absolute atomic E-state index is 13.0. The minimum atomic E-state index is -1.68. The third-order valence-electron chi connectivity index (χ3n) is 4.75. The van der Waals surface area contributed by atoms with E-state index in [4.69, 9.17) is 9.47 Å². The van der Waals surface area contributed by atoms with Gasteiger partial charge in [-0.2, -0.15) is 0 Å². The van der Waals surface area contributed by atoms with Gasteiger partial charge >= 0.3 is 11.9 Å². The van der Waals surface area contributed by atoms with E-state index < -0.39 is 29.9 Å². The van der Waals surface area contributed by atoms with Crippen LogP contribution in [0.15, 0.2) is 16.9 Å². The van der Waals surface area contributed by atoms with Gasteiger partial charge in [0.05, 0.1) is 26.4 Å². The van der Waals surface area contributed by atoms with Gasteiger partial charge < -0.3 is 18.9 Å². The number of esters is 2. The Bertz CT molecular complexity index is 595. The molecular weight excluding hydrogens is 376 g/mol. The first-order chi connectivity index (χ1) is 13.9. The number of ether oxygens (including phenoxy) is 4. The van der Waals surface area contributed by atoms with E-state index in [1.807, 2.05) is 6.92 Å². The molecule has 0 aromatic rings. The Morgan fingerprint density at radius 2 is 1.76 bits per heavy atom. The first-order valence-electron chi connectivity index (χ1n) is 10.3. The van der Waals surface area contributed by atoms with Crippen molar-refractivity contribution < 1.29 is 33.3 Å². The summed E-state index contributed by atoms with van der Waals surface area (Å²) >= 11 is 0. The fraction of sp³-hybridized carbons (Fsp3) is 0.727. The second-order valence-corrected chi connectivity index (χ2v) is 7.15. The Labute approximate surface area is 173 Å². The average Bonchev–Trinajstić information content (AvgIpc) is 2.74. The summed E-state index contributed by atoms with van der Waals surface area (Å²) in [5.74, 6) is -4.32. The lowest BCUT2D eigenvalue weighted by atomic mass is 9.97. The van der Waals surface area contributed by atoms with Gasteiger partial charge in [-0.15, -0.1) is 5.73 Å².